The number of aliphatic hydroxyl groups excluding tert-OH is 1. The number of benzene rings is 1. The molecule has 1 heterocycles. The van der Waals surface area contributed by atoms with Crippen LogP contribution in [0.2, 0.25) is 0 Å². The van der Waals surface area contributed by atoms with E-state index in [2.05, 4.69) is 20.9 Å². The summed E-state index contributed by atoms with van der Waals surface area (Å²) >= 11 is 0. The smallest absolute Gasteiger partial charge is 0.326 e. The van der Waals surface area contributed by atoms with E-state index in [-0.39, 0.29) is 25.7 Å². The van der Waals surface area contributed by atoms with Crippen LogP contribution in [0.5, 0.6) is 0 Å². The van der Waals surface area contributed by atoms with Gasteiger partial charge in [0.05, 0.1) is 12.6 Å². The van der Waals surface area contributed by atoms with E-state index in [0.717, 1.165) is 10.9 Å². The number of aliphatic carboxylic acids is 2. The molecule has 212 valence electrons. The van der Waals surface area contributed by atoms with Gasteiger partial charge in [-0.1, -0.05) is 18.2 Å². The van der Waals surface area contributed by atoms with Gasteiger partial charge in [0.1, 0.15) is 18.1 Å². The average molecular weight is 549 g/mol. The monoisotopic (exact) mass is 548 g/mol. The second kappa shape index (κ2) is 14.4. The van der Waals surface area contributed by atoms with E-state index in [1.807, 2.05) is 0 Å². The van der Waals surface area contributed by atoms with Crippen molar-refractivity contribution >= 4 is 46.5 Å². The summed E-state index contributed by atoms with van der Waals surface area (Å²) in [6, 6.07) is 1.48. The van der Waals surface area contributed by atoms with Crippen LogP contribution in [0.4, 0.5) is 0 Å². The third-order valence-corrected chi connectivity index (χ3v) is 5.85. The Kier molecular flexibility index (Phi) is 11.4. The summed E-state index contributed by atoms with van der Waals surface area (Å²) in [6.45, 7) is -0.897. The molecule has 0 radical (unpaired) electrons. The number of carbonyl (C=O) groups is 6. The number of H-pyrrole nitrogens is 1. The van der Waals surface area contributed by atoms with Gasteiger partial charge in [0.25, 0.3) is 0 Å². The largest absolute Gasteiger partial charge is 0.481 e. The summed E-state index contributed by atoms with van der Waals surface area (Å²) in [5, 5.41) is 35.6. The van der Waals surface area contributed by atoms with Crippen molar-refractivity contribution in [3.8, 4) is 0 Å². The first-order chi connectivity index (χ1) is 18.4. The summed E-state index contributed by atoms with van der Waals surface area (Å²) in [5.74, 6) is -6.17. The number of hydrogen-bond donors (Lipinski definition) is 9. The molecule has 11 N–H and O–H groups in total. The fraction of sp³-hybridized carbons (Fsp3) is 0.417. The van der Waals surface area contributed by atoms with Crippen LogP contribution < -0.4 is 27.4 Å². The molecule has 0 aliphatic carbocycles. The number of carboxylic acid groups (broad SMARTS) is 2. The molecule has 4 unspecified atom stereocenters. The zero-order valence-electron chi connectivity index (χ0n) is 20.9. The van der Waals surface area contributed by atoms with Gasteiger partial charge in [-0.15, -0.1) is 0 Å². The van der Waals surface area contributed by atoms with Gasteiger partial charge in [-0.3, -0.25) is 24.0 Å². The van der Waals surface area contributed by atoms with E-state index in [1.54, 1.807) is 30.5 Å². The van der Waals surface area contributed by atoms with E-state index < -0.39 is 72.8 Å². The van der Waals surface area contributed by atoms with Crippen molar-refractivity contribution in [3.05, 3.63) is 36.0 Å². The molecule has 0 bridgehead atoms. The molecule has 0 fully saturated rings. The second-order valence-electron chi connectivity index (χ2n) is 8.81. The van der Waals surface area contributed by atoms with Crippen LogP contribution in [0.15, 0.2) is 30.5 Å². The molecule has 15 nitrogen and oxygen atoms in total. The number of rotatable bonds is 16. The first-order valence-electron chi connectivity index (χ1n) is 12.0. The molecule has 2 rings (SSSR count). The highest BCUT2D eigenvalue weighted by molar-refractivity contribution is 5.94. The highest BCUT2D eigenvalue weighted by atomic mass is 16.4. The van der Waals surface area contributed by atoms with Gasteiger partial charge < -0.3 is 47.7 Å². The van der Waals surface area contributed by atoms with Crippen molar-refractivity contribution < 1.29 is 44.1 Å². The molecule has 4 atom stereocenters. The Morgan fingerprint density at radius 3 is 2.08 bits per heavy atom. The zero-order chi connectivity index (χ0) is 29.1. The first-order valence-corrected chi connectivity index (χ1v) is 12.0. The maximum Gasteiger partial charge on any atom is 0.326 e. The normalized spacial score (nSPS) is 14.0. The van der Waals surface area contributed by atoms with E-state index >= 15 is 0 Å². The van der Waals surface area contributed by atoms with E-state index in [1.165, 1.54) is 0 Å². The summed E-state index contributed by atoms with van der Waals surface area (Å²) in [6.07, 6.45) is 0.270. The lowest BCUT2D eigenvalue weighted by atomic mass is 10.0. The fourth-order valence-corrected chi connectivity index (χ4v) is 3.70. The number of hydrogen-bond acceptors (Lipinski definition) is 8. The van der Waals surface area contributed by atoms with Gasteiger partial charge in [0, 0.05) is 36.4 Å². The molecular formula is C24H32N6O9. The SMILES string of the molecule is NC(=O)CCC(NC(=O)C(CO)NC(=O)C(N)CCC(=O)O)C(=O)NC(Cc1c[nH]c2ccccc12)C(=O)O. The number of primary amides is 1. The number of para-hydroxylation sites is 1. The number of aromatic amines is 1. The molecule has 1 aromatic carbocycles. The average Bonchev–Trinajstić information content (AvgIpc) is 3.29. The number of nitrogens with one attached hydrogen (secondary N) is 4. The topological polar surface area (TPSA) is 267 Å². The predicted octanol–water partition coefficient (Wildman–Crippen LogP) is -2.30. The van der Waals surface area contributed by atoms with Gasteiger partial charge in [0.15, 0.2) is 0 Å². The summed E-state index contributed by atoms with van der Waals surface area (Å²) in [5.41, 5.74) is 12.2. The standard InChI is InChI=1S/C24H32N6O9/c25-14(5-8-20(33)34)21(35)30-18(11-31)23(37)28-16(6-7-19(26)32)22(36)29-17(24(38)39)9-12-10-27-15-4-2-1-3-13(12)15/h1-4,10,14,16-18,27,31H,5-9,11,25H2,(H2,26,32)(H,28,37)(H,29,36)(H,30,35)(H,33,34)(H,38,39). The van der Waals surface area contributed by atoms with Crippen molar-refractivity contribution in [2.45, 2.75) is 56.3 Å². The van der Waals surface area contributed by atoms with Crippen LogP contribution in [0.3, 0.4) is 0 Å². The molecule has 1 aromatic heterocycles. The van der Waals surface area contributed by atoms with Crippen molar-refractivity contribution in [1.29, 1.82) is 0 Å². The zero-order valence-corrected chi connectivity index (χ0v) is 20.9. The Labute approximate surface area is 222 Å². The van der Waals surface area contributed by atoms with E-state index in [0.29, 0.717) is 5.56 Å². The molecule has 0 saturated heterocycles. The molecule has 0 spiro atoms. The number of carbonyl (C=O) groups excluding carboxylic acids is 4. The van der Waals surface area contributed by atoms with Crippen LogP contribution in [0.1, 0.15) is 31.2 Å². The number of fused-ring (bicyclic) bond motifs is 1. The molecule has 4 amide bonds. The van der Waals surface area contributed by atoms with E-state index in [4.69, 9.17) is 16.6 Å². The molecule has 39 heavy (non-hydrogen) atoms. The summed E-state index contributed by atoms with van der Waals surface area (Å²) in [7, 11) is 0. The second-order valence-corrected chi connectivity index (χ2v) is 8.81. The first kappa shape index (κ1) is 30.7. The van der Waals surface area contributed by atoms with Gasteiger partial charge in [-0.25, -0.2) is 4.79 Å². The summed E-state index contributed by atoms with van der Waals surface area (Å²) < 4.78 is 0. The highest BCUT2D eigenvalue weighted by Gasteiger charge is 2.30. The Morgan fingerprint density at radius 2 is 1.46 bits per heavy atom. The minimum absolute atomic E-state index is 0.0921. The molecule has 2 aromatic rings. The van der Waals surface area contributed by atoms with Crippen molar-refractivity contribution in [2.75, 3.05) is 6.61 Å². The van der Waals surface area contributed by atoms with Crippen molar-refractivity contribution in [1.82, 2.24) is 20.9 Å². The molecule has 15 heteroatoms. The minimum atomic E-state index is -1.57. The Morgan fingerprint density at radius 1 is 0.846 bits per heavy atom. The molecule has 0 aliphatic heterocycles. The Hall–Kier alpha value is -4.50. The van der Waals surface area contributed by atoms with Crippen LogP contribution in [-0.4, -0.2) is 86.6 Å². The predicted molar refractivity (Wildman–Crippen MR) is 136 cm³/mol. The van der Waals surface area contributed by atoms with Crippen molar-refractivity contribution in [2.24, 2.45) is 11.5 Å². The lowest BCUT2D eigenvalue weighted by molar-refractivity contribution is -0.142. The van der Waals surface area contributed by atoms with Gasteiger partial charge in [0.2, 0.25) is 23.6 Å². The van der Waals surface area contributed by atoms with Crippen LogP contribution >= 0.6 is 0 Å². The minimum Gasteiger partial charge on any atom is -0.481 e. The number of aromatic nitrogens is 1. The highest BCUT2D eigenvalue weighted by Crippen LogP contribution is 2.19. The van der Waals surface area contributed by atoms with Crippen LogP contribution in [-0.2, 0) is 35.2 Å². The van der Waals surface area contributed by atoms with E-state index in [9.17, 15) is 39.0 Å². The number of amides is 4. The Balaban J connectivity index is 2.12. The van der Waals surface area contributed by atoms with Crippen LogP contribution in [0, 0.1) is 0 Å². The third-order valence-electron chi connectivity index (χ3n) is 5.85. The molecule has 0 aliphatic rings. The quantitative estimate of drug-likeness (QED) is 0.108. The molecular weight excluding hydrogens is 516 g/mol. The lowest BCUT2D eigenvalue weighted by Gasteiger charge is -2.24. The van der Waals surface area contributed by atoms with Gasteiger partial charge >= 0.3 is 11.9 Å². The number of nitrogens with two attached hydrogens (primary N) is 2. The fourth-order valence-electron chi connectivity index (χ4n) is 3.70. The van der Waals surface area contributed by atoms with Gasteiger partial charge in [-0.05, 0) is 24.5 Å². The third kappa shape index (κ3) is 9.39. The lowest BCUT2D eigenvalue weighted by Crippen LogP contribution is -2.58. The molecule has 0 saturated carbocycles. The van der Waals surface area contributed by atoms with Gasteiger partial charge in [-0.2, -0.15) is 0 Å². The summed E-state index contributed by atoms with van der Waals surface area (Å²) in [4.78, 5) is 74.9. The van der Waals surface area contributed by atoms with Crippen LogP contribution in [0.25, 0.3) is 10.9 Å². The maximum atomic E-state index is 13.0. The number of aliphatic hydroxyl groups is 1. The number of carboxylic acids is 2. The maximum absolute atomic E-state index is 13.0. The Bertz CT molecular complexity index is 1210. The van der Waals surface area contributed by atoms with Crippen molar-refractivity contribution in [3.63, 3.8) is 0 Å².